The first-order chi connectivity index (χ1) is 9.56. The quantitative estimate of drug-likeness (QED) is 0.794. The van der Waals surface area contributed by atoms with Crippen molar-refractivity contribution >= 4 is 15.9 Å². The highest BCUT2D eigenvalue weighted by atomic mass is 79.9. The Morgan fingerprint density at radius 2 is 2.05 bits per heavy atom. The maximum absolute atomic E-state index is 14.3. The molecule has 0 spiro atoms. The van der Waals surface area contributed by atoms with Gasteiger partial charge in [-0.15, -0.1) is 0 Å². The fourth-order valence-corrected chi connectivity index (χ4v) is 2.45. The lowest BCUT2D eigenvalue weighted by atomic mass is 10.0. The van der Waals surface area contributed by atoms with E-state index in [0.717, 1.165) is 12.0 Å². The van der Waals surface area contributed by atoms with Gasteiger partial charge in [0, 0.05) is 5.56 Å². The zero-order valence-electron chi connectivity index (χ0n) is 11.3. The lowest BCUT2D eigenvalue weighted by Crippen LogP contribution is -2.25. The van der Waals surface area contributed by atoms with E-state index in [2.05, 4.69) is 21.2 Å². The summed E-state index contributed by atoms with van der Waals surface area (Å²) in [7, 11) is 0. The summed E-state index contributed by atoms with van der Waals surface area (Å²) < 4.78 is 34.0. The van der Waals surface area contributed by atoms with Crippen LogP contribution in [0.25, 0.3) is 0 Å². The first-order valence-corrected chi connectivity index (χ1v) is 7.26. The van der Waals surface area contributed by atoms with E-state index in [1.807, 2.05) is 13.8 Å². The minimum Gasteiger partial charge on any atom is -0.467 e. The zero-order valence-corrected chi connectivity index (χ0v) is 12.9. The Morgan fingerprint density at radius 3 is 2.65 bits per heavy atom. The molecular formula is C15H16BrF2NO. The van der Waals surface area contributed by atoms with Crippen LogP contribution in [-0.4, -0.2) is 6.54 Å². The molecule has 2 aromatic rings. The minimum absolute atomic E-state index is 0.0223. The smallest absolute Gasteiger partial charge is 0.145 e. The second kappa shape index (κ2) is 6.50. The van der Waals surface area contributed by atoms with E-state index < -0.39 is 17.7 Å². The van der Waals surface area contributed by atoms with E-state index in [1.165, 1.54) is 18.4 Å². The molecule has 0 fully saturated rings. The molecule has 0 radical (unpaired) electrons. The van der Waals surface area contributed by atoms with Gasteiger partial charge >= 0.3 is 0 Å². The third kappa shape index (κ3) is 2.94. The largest absolute Gasteiger partial charge is 0.467 e. The molecule has 5 heteroatoms. The van der Waals surface area contributed by atoms with Gasteiger partial charge < -0.3 is 9.73 Å². The van der Waals surface area contributed by atoms with E-state index in [-0.39, 0.29) is 10.0 Å². The minimum atomic E-state index is -0.637. The van der Waals surface area contributed by atoms with Crippen LogP contribution in [0, 0.1) is 18.6 Å². The van der Waals surface area contributed by atoms with Crippen molar-refractivity contribution in [3.8, 4) is 0 Å². The fraction of sp³-hybridized carbons (Fsp3) is 0.333. The molecular weight excluding hydrogens is 328 g/mol. The monoisotopic (exact) mass is 343 g/mol. The van der Waals surface area contributed by atoms with Crippen molar-refractivity contribution in [3.05, 3.63) is 57.5 Å². The number of halogens is 3. The lowest BCUT2D eigenvalue weighted by Gasteiger charge is -2.19. The molecule has 0 saturated carbocycles. The topological polar surface area (TPSA) is 25.2 Å². The Labute approximate surface area is 125 Å². The van der Waals surface area contributed by atoms with Crippen LogP contribution in [0.4, 0.5) is 8.78 Å². The van der Waals surface area contributed by atoms with Crippen LogP contribution >= 0.6 is 15.9 Å². The van der Waals surface area contributed by atoms with Crippen molar-refractivity contribution in [1.29, 1.82) is 0 Å². The second-order valence-corrected chi connectivity index (χ2v) is 5.47. The average Bonchev–Trinajstić information content (AvgIpc) is 2.84. The van der Waals surface area contributed by atoms with Crippen LogP contribution in [0.1, 0.15) is 36.3 Å². The zero-order chi connectivity index (χ0) is 14.7. The third-order valence-electron chi connectivity index (χ3n) is 3.13. The van der Waals surface area contributed by atoms with Crippen molar-refractivity contribution < 1.29 is 13.2 Å². The van der Waals surface area contributed by atoms with Gasteiger partial charge in [-0.2, -0.15) is 0 Å². The van der Waals surface area contributed by atoms with Crippen LogP contribution in [0.3, 0.4) is 0 Å². The third-order valence-corrected chi connectivity index (χ3v) is 3.74. The van der Waals surface area contributed by atoms with Crippen LogP contribution < -0.4 is 5.32 Å². The molecule has 1 heterocycles. The van der Waals surface area contributed by atoms with Gasteiger partial charge in [0.25, 0.3) is 0 Å². The predicted molar refractivity (Wildman–Crippen MR) is 77.6 cm³/mol. The lowest BCUT2D eigenvalue weighted by molar-refractivity contribution is 0.419. The predicted octanol–water partition coefficient (Wildman–Crippen LogP) is 4.72. The Hall–Kier alpha value is -1.20. The number of furan rings is 1. The summed E-state index contributed by atoms with van der Waals surface area (Å²) in [5.74, 6) is -0.654. The summed E-state index contributed by atoms with van der Waals surface area (Å²) >= 11 is 3.10. The molecule has 0 saturated heterocycles. The maximum atomic E-state index is 14.3. The summed E-state index contributed by atoms with van der Waals surface area (Å²) in [5.41, 5.74) is 0.836. The first kappa shape index (κ1) is 15.2. The number of aryl methyl sites for hydroxylation is 1. The SMILES string of the molecule is CCCNC(c1occc1C)c1c(F)ccc(Br)c1F. The molecule has 0 bridgehead atoms. The maximum Gasteiger partial charge on any atom is 0.145 e. The molecule has 1 N–H and O–H groups in total. The molecule has 1 aromatic carbocycles. The molecule has 2 rings (SSSR count). The van der Waals surface area contributed by atoms with Gasteiger partial charge in [0.15, 0.2) is 0 Å². The Kier molecular flexibility index (Phi) is 4.94. The normalized spacial score (nSPS) is 12.7. The highest BCUT2D eigenvalue weighted by molar-refractivity contribution is 9.10. The summed E-state index contributed by atoms with van der Waals surface area (Å²) in [6, 6.07) is 3.76. The number of hydrogen-bond donors (Lipinski definition) is 1. The van der Waals surface area contributed by atoms with Gasteiger partial charge in [-0.3, -0.25) is 0 Å². The fourth-order valence-electron chi connectivity index (χ4n) is 2.10. The molecule has 0 aliphatic rings. The van der Waals surface area contributed by atoms with Gasteiger partial charge in [-0.05, 0) is 59.6 Å². The van der Waals surface area contributed by atoms with Gasteiger partial charge in [0.05, 0.1) is 16.8 Å². The molecule has 0 aliphatic carbocycles. The van der Waals surface area contributed by atoms with E-state index in [4.69, 9.17) is 4.42 Å². The molecule has 1 atom stereocenters. The standard InChI is InChI=1S/C15H16BrF2NO/c1-3-7-19-14(15-9(2)6-8-20-15)12-11(17)5-4-10(16)13(12)18/h4-6,8,14,19H,3,7H2,1-2H3. The van der Waals surface area contributed by atoms with Gasteiger partial charge in [0.1, 0.15) is 17.4 Å². The number of hydrogen-bond acceptors (Lipinski definition) is 2. The Morgan fingerprint density at radius 1 is 1.30 bits per heavy atom. The summed E-state index contributed by atoms with van der Waals surface area (Å²) in [6.45, 7) is 4.48. The highest BCUT2D eigenvalue weighted by Crippen LogP contribution is 2.32. The number of rotatable bonds is 5. The van der Waals surface area contributed by atoms with Crippen LogP contribution in [0.5, 0.6) is 0 Å². The van der Waals surface area contributed by atoms with Crippen LogP contribution in [0.2, 0.25) is 0 Å². The highest BCUT2D eigenvalue weighted by Gasteiger charge is 2.26. The van der Waals surface area contributed by atoms with Crippen molar-refractivity contribution in [2.45, 2.75) is 26.3 Å². The van der Waals surface area contributed by atoms with Crippen molar-refractivity contribution in [1.82, 2.24) is 5.32 Å². The summed E-state index contributed by atoms with van der Waals surface area (Å²) in [4.78, 5) is 0. The Balaban J connectivity index is 2.52. The molecule has 2 nitrogen and oxygen atoms in total. The second-order valence-electron chi connectivity index (χ2n) is 4.61. The first-order valence-electron chi connectivity index (χ1n) is 6.47. The van der Waals surface area contributed by atoms with E-state index >= 15 is 0 Å². The number of benzene rings is 1. The molecule has 20 heavy (non-hydrogen) atoms. The number of nitrogens with one attached hydrogen (secondary N) is 1. The van der Waals surface area contributed by atoms with Crippen molar-refractivity contribution in [2.24, 2.45) is 0 Å². The van der Waals surface area contributed by atoms with Crippen molar-refractivity contribution in [3.63, 3.8) is 0 Å². The molecule has 0 aliphatic heterocycles. The van der Waals surface area contributed by atoms with E-state index in [0.29, 0.717) is 12.3 Å². The van der Waals surface area contributed by atoms with Crippen LogP contribution in [0.15, 0.2) is 33.4 Å². The molecule has 0 amide bonds. The van der Waals surface area contributed by atoms with E-state index in [9.17, 15) is 8.78 Å². The molecule has 108 valence electrons. The summed E-state index contributed by atoms with van der Waals surface area (Å²) in [5, 5.41) is 3.14. The van der Waals surface area contributed by atoms with Crippen molar-refractivity contribution in [2.75, 3.05) is 6.54 Å². The average molecular weight is 344 g/mol. The van der Waals surface area contributed by atoms with Gasteiger partial charge in [-0.25, -0.2) is 8.78 Å². The summed E-state index contributed by atoms with van der Waals surface area (Å²) in [6.07, 6.45) is 2.38. The van der Waals surface area contributed by atoms with Gasteiger partial charge in [0.2, 0.25) is 0 Å². The Bertz CT molecular complexity index is 598. The molecule has 1 unspecified atom stereocenters. The van der Waals surface area contributed by atoms with Gasteiger partial charge in [-0.1, -0.05) is 6.92 Å². The van der Waals surface area contributed by atoms with E-state index in [1.54, 1.807) is 6.07 Å². The van der Waals surface area contributed by atoms with Crippen LogP contribution in [-0.2, 0) is 0 Å². The molecule has 1 aromatic heterocycles.